The Morgan fingerprint density at radius 2 is 2.00 bits per heavy atom. The minimum absolute atomic E-state index is 0.162. The summed E-state index contributed by atoms with van der Waals surface area (Å²) in [5, 5.41) is 3.00. The van der Waals surface area contributed by atoms with Gasteiger partial charge in [-0.05, 0) is 25.2 Å². The van der Waals surface area contributed by atoms with Crippen LogP contribution in [0.3, 0.4) is 0 Å². The van der Waals surface area contributed by atoms with E-state index in [2.05, 4.69) is 33.8 Å². The SMILES string of the molecule is CCN(CC)CCN=C1Nc2ccc(OC)cc2S(=O)(=O)N1. The summed E-state index contributed by atoms with van der Waals surface area (Å²) in [5.41, 5.74) is 0.501. The summed E-state index contributed by atoms with van der Waals surface area (Å²) < 4.78 is 32.0. The number of aliphatic imine (C=N–C) groups is 1. The fourth-order valence-corrected chi connectivity index (χ4v) is 3.37. The number of benzene rings is 1. The van der Waals surface area contributed by atoms with Gasteiger partial charge in [0, 0.05) is 12.6 Å². The molecule has 22 heavy (non-hydrogen) atoms. The second-order valence-electron chi connectivity index (χ2n) is 4.85. The van der Waals surface area contributed by atoms with Gasteiger partial charge in [-0.2, -0.15) is 0 Å². The summed E-state index contributed by atoms with van der Waals surface area (Å²) in [5.74, 6) is 0.748. The van der Waals surface area contributed by atoms with Crippen molar-refractivity contribution in [1.82, 2.24) is 9.62 Å². The normalized spacial score (nSPS) is 17.7. The zero-order valence-electron chi connectivity index (χ0n) is 13.1. The van der Waals surface area contributed by atoms with Gasteiger partial charge in [0.25, 0.3) is 10.0 Å². The first-order chi connectivity index (χ1) is 10.5. The second kappa shape index (κ2) is 6.97. The standard InChI is InChI=1S/C14H22N4O3S/c1-4-18(5-2)9-8-15-14-16-12-7-6-11(21-3)10-13(12)22(19,20)17-14/h6-7,10H,4-5,8-9H2,1-3H3,(H2,15,16,17). The van der Waals surface area contributed by atoms with Crippen LogP contribution in [0.4, 0.5) is 5.69 Å². The summed E-state index contributed by atoms with van der Waals surface area (Å²) in [6.45, 7) is 7.38. The van der Waals surface area contributed by atoms with Crippen molar-refractivity contribution in [2.75, 3.05) is 38.6 Å². The molecule has 122 valence electrons. The lowest BCUT2D eigenvalue weighted by Crippen LogP contribution is -2.41. The summed E-state index contributed by atoms with van der Waals surface area (Å²) >= 11 is 0. The van der Waals surface area contributed by atoms with Crippen molar-refractivity contribution >= 4 is 21.7 Å². The molecule has 7 nitrogen and oxygen atoms in total. The number of nitrogens with zero attached hydrogens (tertiary/aromatic N) is 2. The average molecular weight is 326 g/mol. The van der Waals surface area contributed by atoms with E-state index in [1.165, 1.54) is 13.2 Å². The number of ether oxygens (including phenoxy) is 1. The topological polar surface area (TPSA) is 83.0 Å². The molecule has 2 N–H and O–H groups in total. The van der Waals surface area contributed by atoms with Crippen LogP contribution in [0.2, 0.25) is 0 Å². The van der Waals surface area contributed by atoms with Crippen molar-refractivity contribution in [2.45, 2.75) is 18.7 Å². The molecule has 0 spiro atoms. The van der Waals surface area contributed by atoms with Gasteiger partial charge in [-0.15, -0.1) is 0 Å². The van der Waals surface area contributed by atoms with E-state index in [1.807, 2.05) is 0 Å². The fourth-order valence-electron chi connectivity index (χ4n) is 2.21. The van der Waals surface area contributed by atoms with Crippen molar-refractivity contribution in [3.05, 3.63) is 18.2 Å². The van der Waals surface area contributed by atoms with Gasteiger partial charge in [-0.1, -0.05) is 13.8 Å². The van der Waals surface area contributed by atoms with E-state index < -0.39 is 10.0 Å². The first-order valence-electron chi connectivity index (χ1n) is 7.24. The van der Waals surface area contributed by atoms with Gasteiger partial charge < -0.3 is 15.0 Å². The lowest BCUT2D eigenvalue weighted by atomic mass is 10.3. The van der Waals surface area contributed by atoms with Crippen LogP contribution in [-0.4, -0.2) is 52.6 Å². The van der Waals surface area contributed by atoms with Crippen molar-refractivity contribution in [1.29, 1.82) is 0 Å². The molecule has 1 aromatic carbocycles. The van der Waals surface area contributed by atoms with Gasteiger partial charge in [-0.25, -0.2) is 13.1 Å². The second-order valence-corrected chi connectivity index (χ2v) is 6.50. The number of hydrogen-bond acceptors (Lipinski definition) is 5. The maximum atomic E-state index is 12.3. The summed E-state index contributed by atoms with van der Waals surface area (Å²) in [6, 6.07) is 4.87. The van der Waals surface area contributed by atoms with Gasteiger partial charge in [0.05, 0.1) is 19.3 Å². The summed E-state index contributed by atoms with van der Waals surface area (Å²) in [4.78, 5) is 6.68. The van der Waals surface area contributed by atoms with Gasteiger partial charge in [0.1, 0.15) is 10.6 Å². The van der Waals surface area contributed by atoms with Crippen molar-refractivity contribution < 1.29 is 13.2 Å². The van der Waals surface area contributed by atoms with E-state index >= 15 is 0 Å². The van der Waals surface area contributed by atoms with Crippen molar-refractivity contribution in [3.63, 3.8) is 0 Å². The van der Waals surface area contributed by atoms with E-state index in [1.54, 1.807) is 12.1 Å². The maximum absolute atomic E-state index is 12.3. The Bertz CT molecular complexity index is 654. The molecule has 0 saturated heterocycles. The largest absolute Gasteiger partial charge is 0.497 e. The predicted molar refractivity (Wildman–Crippen MR) is 87.0 cm³/mol. The van der Waals surface area contributed by atoms with E-state index in [0.717, 1.165) is 19.6 Å². The molecule has 2 rings (SSSR count). The van der Waals surface area contributed by atoms with Crippen LogP contribution in [0, 0.1) is 0 Å². The highest BCUT2D eigenvalue weighted by atomic mass is 32.2. The van der Waals surface area contributed by atoms with E-state index in [-0.39, 0.29) is 10.9 Å². The van der Waals surface area contributed by atoms with Crippen LogP contribution in [0.15, 0.2) is 28.1 Å². The molecule has 0 fully saturated rings. The molecule has 1 aromatic rings. The Kier molecular flexibility index (Phi) is 5.25. The predicted octanol–water partition coefficient (Wildman–Crippen LogP) is 1.10. The summed E-state index contributed by atoms with van der Waals surface area (Å²) in [6.07, 6.45) is 0. The molecule has 1 heterocycles. The Morgan fingerprint density at radius 1 is 1.27 bits per heavy atom. The summed E-state index contributed by atoms with van der Waals surface area (Å²) in [7, 11) is -2.12. The minimum atomic E-state index is -3.62. The number of likely N-dealkylation sites (N-methyl/N-ethyl adjacent to an activating group) is 1. The number of rotatable bonds is 6. The number of nitrogens with one attached hydrogen (secondary N) is 2. The quantitative estimate of drug-likeness (QED) is 0.818. The number of sulfonamides is 1. The van der Waals surface area contributed by atoms with Gasteiger partial charge in [0.2, 0.25) is 5.96 Å². The third-order valence-electron chi connectivity index (χ3n) is 3.54. The third kappa shape index (κ3) is 3.69. The molecule has 0 saturated carbocycles. The lowest BCUT2D eigenvalue weighted by Gasteiger charge is -2.22. The minimum Gasteiger partial charge on any atom is -0.497 e. The Labute approximate surface area is 131 Å². The Morgan fingerprint density at radius 3 is 2.64 bits per heavy atom. The van der Waals surface area contributed by atoms with Gasteiger partial charge in [-0.3, -0.25) is 4.99 Å². The van der Waals surface area contributed by atoms with Crippen molar-refractivity contribution in [2.24, 2.45) is 4.99 Å². The Hall–Kier alpha value is -1.80. The van der Waals surface area contributed by atoms with Crippen LogP contribution < -0.4 is 14.8 Å². The molecule has 8 heteroatoms. The van der Waals surface area contributed by atoms with Crippen LogP contribution in [0.25, 0.3) is 0 Å². The van der Waals surface area contributed by atoms with Crippen molar-refractivity contribution in [3.8, 4) is 5.75 Å². The molecule has 0 aliphatic carbocycles. The smallest absolute Gasteiger partial charge is 0.266 e. The van der Waals surface area contributed by atoms with Crippen LogP contribution in [0.1, 0.15) is 13.8 Å². The fraction of sp³-hybridized carbons (Fsp3) is 0.500. The molecular formula is C14H22N4O3S. The molecule has 0 radical (unpaired) electrons. The monoisotopic (exact) mass is 326 g/mol. The molecular weight excluding hydrogens is 304 g/mol. The zero-order valence-corrected chi connectivity index (χ0v) is 13.9. The Balaban J connectivity index is 2.16. The van der Waals surface area contributed by atoms with Gasteiger partial charge >= 0.3 is 0 Å². The maximum Gasteiger partial charge on any atom is 0.266 e. The first kappa shape index (κ1) is 16.6. The van der Waals surface area contributed by atoms with Crippen LogP contribution >= 0.6 is 0 Å². The number of methoxy groups -OCH3 is 1. The molecule has 0 amide bonds. The molecule has 0 bridgehead atoms. The average Bonchev–Trinajstić information content (AvgIpc) is 2.51. The van der Waals surface area contributed by atoms with Crippen LogP contribution in [0.5, 0.6) is 5.75 Å². The highest BCUT2D eigenvalue weighted by Gasteiger charge is 2.26. The first-order valence-corrected chi connectivity index (χ1v) is 8.73. The molecule has 0 unspecified atom stereocenters. The highest BCUT2D eigenvalue weighted by molar-refractivity contribution is 7.90. The van der Waals surface area contributed by atoms with E-state index in [9.17, 15) is 8.42 Å². The molecule has 1 aliphatic rings. The molecule has 1 aliphatic heterocycles. The van der Waals surface area contributed by atoms with Crippen LogP contribution in [-0.2, 0) is 10.0 Å². The molecule has 0 atom stereocenters. The number of fused-ring (bicyclic) bond motifs is 1. The number of hydrogen-bond donors (Lipinski definition) is 2. The third-order valence-corrected chi connectivity index (χ3v) is 4.92. The lowest BCUT2D eigenvalue weighted by molar-refractivity contribution is 0.313. The van der Waals surface area contributed by atoms with Gasteiger partial charge in [0.15, 0.2) is 0 Å². The highest BCUT2D eigenvalue weighted by Crippen LogP contribution is 2.28. The molecule has 0 aromatic heterocycles. The van der Waals surface area contributed by atoms with E-state index in [0.29, 0.717) is 18.0 Å². The van der Waals surface area contributed by atoms with E-state index in [4.69, 9.17) is 4.74 Å². The zero-order chi connectivity index (χ0) is 16.2. The number of anilines is 1. The number of guanidine groups is 1.